The van der Waals surface area contributed by atoms with Crippen LogP contribution >= 0.6 is 11.3 Å². The Morgan fingerprint density at radius 3 is 2.48 bits per heavy atom. The zero-order valence-electron chi connectivity index (χ0n) is 11.4. The number of halogens is 2. The standard InChI is InChI=1S/C16H14F2N2S/c1-16(19,10-6-11(17)8-12(18)7-10)9-15-20-13-4-2-3-5-14(13)21-15/h2-8H,9,19H2,1H3. The van der Waals surface area contributed by atoms with Crippen LogP contribution in [0, 0.1) is 11.6 Å². The van der Waals surface area contributed by atoms with Crippen molar-refractivity contribution >= 4 is 21.6 Å². The Bertz CT molecular complexity index is 743. The summed E-state index contributed by atoms with van der Waals surface area (Å²) in [6.07, 6.45) is 0.426. The van der Waals surface area contributed by atoms with Gasteiger partial charge in [-0.05, 0) is 36.8 Å². The van der Waals surface area contributed by atoms with Gasteiger partial charge in [0.15, 0.2) is 0 Å². The molecule has 108 valence electrons. The summed E-state index contributed by atoms with van der Waals surface area (Å²) in [7, 11) is 0. The average molecular weight is 304 g/mol. The number of rotatable bonds is 3. The van der Waals surface area contributed by atoms with E-state index in [-0.39, 0.29) is 0 Å². The quantitative estimate of drug-likeness (QED) is 0.794. The summed E-state index contributed by atoms with van der Waals surface area (Å²) in [6.45, 7) is 1.76. The van der Waals surface area contributed by atoms with E-state index < -0.39 is 17.2 Å². The third kappa shape index (κ3) is 2.94. The maximum Gasteiger partial charge on any atom is 0.126 e. The van der Waals surface area contributed by atoms with E-state index in [4.69, 9.17) is 5.73 Å². The number of thiazole rings is 1. The molecule has 0 spiro atoms. The largest absolute Gasteiger partial charge is 0.321 e. The predicted molar refractivity (Wildman–Crippen MR) is 81.2 cm³/mol. The van der Waals surface area contributed by atoms with Gasteiger partial charge in [-0.3, -0.25) is 0 Å². The number of benzene rings is 2. The van der Waals surface area contributed by atoms with Crippen LogP contribution in [0.25, 0.3) is 10.2 Å². The second kappa shape index (κ2) is 5.16. The number of nitrogens with two attached hydrogens (primary N) is 1. The van der Waals surface area contributed by atoms with Crippen molar-refractivity contribution in [1.29, 1.82) is 0 Å². The first-order chi connectivity index (χ1) is 9.94. The Balaban J connectivity index is 1.94. The normalized spacial score (nSPS) is 14.3. The first-order valence-corrected chi connectivity index (χ1v) is 7.36. The number of hydrogen-bond acceptors (Lipinski definition) is 3. The van der Waals surface area contributed by atoms with Gasteiger partial charge in [0, 0.05) is 18.0 Å². The summed E-state index contributed by atoms with van der Waals surface area (Å²) in [4.78, 5) is 4.52. The van der Waals surface area contributed by atoms with Crippen LogP contribution in [0.3, 0.4) is 0 Å². The van der Waals surface area contributed by atoms with Crippen molar-refractivity contribution in [1.82, 2.24) is 4.98 Å². The van der Waals surface area contributed by atoms with Crippen molar-refractivity contribution < 1.29 is 8.78 Å². The van der Waals surface area contributed by atoms with Gasteiger partial charge >= 0.3 is 0 Å². The highest BCUT2D eigenvalue weighted by molar-refractivity contribution is 7.18. The average Bonchev–Trinajstić information content (AvgIpc) is 2.78. The molecule has 5 heteroatoms. The highest BCUT2D eigenvalue weighted by Crippen LogP contribution is 2.29. The molecule has 0 radical (unpaired) electrons. The van der Waals surface area contributed by atoms with Crippen molar-refractivity contribution in [3.05, 3.63) is 64.7 Å². The molecule has 1 unspecified atom stereocenters. The van der Waals surface area contributed by atoms with Crippen LogP contribution in [0.2, 0.25) is 0 Å². The van der Waals surface area contributed by atoms with Gasteiger partial charge < -0.3 is 5.73 Å². The number of hydrogen-bond donors (Lipinski definition) is 1. The molecule has 0 amide bonds. The van der Waals surface area contributed by atoms with Crippen LogP contribution in [-0.2, 0) is 12.0 Å². The maximum absolute atomic E-state index is 13.4. The second-order valence-electron chi connectivity index (χ2n) is 5.33. The van der Waals surface area contributed by atoms with Gasteiger partial charge in [0.25, 0.3) is 0 Å². The first kappa shape index (κ1) is 14.1. The Morgan fingerprint density at radius 2 is 1.81 bits per heavy atom. The smallest absolute Gasteiger partial charge is 0.126 e. The molecule has 1 aromatic heterocycles. The summed E-state index contributed by atoms with van der Waals surface area (Å²) in [5.74, 6) is -1.24. The zero-order chi connectivity index (χ0) is 15.0. The third-order valence-electron chi connectivity index (χ3n) is 3.38. The zero-order valence-corrected chi connectivity index (χ0v) is 12.3. The summed E-state index contributed by atoms with van der Waals surface area (Å²) in [6, 6.07) is 11.2. The molecule has 0 fully saturated rings. The maximum atomic E-state index is 13.4. The van der Waals surface area contributed by atoms with Crippen LogP contribution < -0.4 is 5.73 Å². The molecule has 21 heavy (non-hydrogen) atoms. The molecule has 0 saturated heterocycles. The molecule has 1 atom stereocenters. The minimum absolute atomic E-state index is 0.426. The van der Waals surface area contributed by atoms with Crippen LogP contribution in [0.5, 0.6) is 0 Å². The van der Waals surface area contributed by atoms with E-state index in [2.05, 4.69) is 4.98 Å². The second-order valence-corrected chi connectivity index (χ2v) is 6.44. The molecule has 3 aromatic rings. The Kier molecular flexibility index (Phi) is 3.47. The van der Waals surface area contributed by atoms with Crippen molar-refractivity contribution in [2.24, 2.45) is 5.73 Å². The van der Waals surface area contributed by atoms with E-state index in [1.54, 1.807) is 18.3 Å². The van der Waals surface area contributed by atoms with Crippen molar-refractivity contribution in [2.45, 2.75) is 18.9 Å². The van der Waals surface area contributed by atoms with E-state index in [1.165, 1.54) is 12.1 Å². The molecule has 0 aliphatic heterocycles. The van der Waals surface area contributed by atoms with Crippen LogP contribution in [0.1, 0.15) is 17.5 Å². The molecule has 0 aliphatic carbocycles. The number of fused-ring (bicyclic) bond motifs is 1. The predicted octanol–water partition coefficient (Wildman–Crippen LogP) is 3.99. The summed E-state index contributed by atoms with van der Waals surface area (Å²) in [5, 5.41) is 0.853. The molecule has 0 aliphatic rings. The Morgan fingerprint density at radius 1 is 1.14 bits per heavy atom. The number of para-hydroxylation sites is 1. The Hall–Kier alpha value is -1.85. The van der Waals surface area contributed by atoms with Crippen molar-refractivity contribution in [3.8, 4) is 0 Å². The van der Waals surface area contributed by atoms with E-state index >= 15 is 0 Å². The van der Waals surface area contributed by atoms with Crippen LogP contribution in [0.4, 0.5) is 8.78 Å². The fourth-order valence-corrected chi connectivity index (χ4v) is 3.43. The van der Waals surface area contributed by atoms with Gasteiger partial charge in [-0.2, -0.15) is 0 Å². The SMILES string of the molecule is CC(N)(Cc1nc2ccccc2s1)c1cc(F)cc(F)c1. The third-order valence-corrected chi connectivity index (χ3v) is 4.42. The lowest BCUT2D eigenvalue weighted by atomic mass is 9.90. The van der Waals surface area contributed by atoms with Crippen LogP contribution in [-0.4, -0.2) is 4.98 Å². The number of nitrogens with zero attached hydrogens (tertiary/aromatic N) is 1. The van der Waals surface area contributed by atoms with Gasteiger partial charge in [0.1, 0.15) is 11.6 Å². The van der Waals surface area contributed by atoms with Gasteiger partial charge in [0.2, 0.25) is 0 Å². The van der Waals surface area contributed by atoms with E-state index in [0.29, 0.717) is 12.0 Å². The molecule has 1 heterocycles. The highest BCUT2D eigenvalue weighted by atomic mass is 32.1. The van der Waals surface area contributed by atoms with Gasteiger partial charge in [-0.15, -0.1) is 11.3 Å². The first-order valence-electron chi connectivity index (χ1n) is 6.54. The molecular weight excluding hydrogens is 290 g/mol. The van der Waals surface area contributed by atoms with E-state index in [1.807, 2.05) is 24.3 Å². The number of aromatic nitrogens is 1. The van der Waals surface area contributed by atoms with Crippen LogP contribution in [0.15, 0.2) is 42.5 Å². The lowest BCUT2D eigenvalue weighted by Crippen LogP contribution is -2.35. The molecule has 2 aromatic carbocycles. The summed E-state index contributed by atoms with van der Waals surface area (Å²) < 4.78 is 27.8. The molecule has 3 rings (SSSR count). The topological polar surface area (TPSA) is 38.9 Å². The minimum atomic E-state index is -0.878. The van der Waals surface area contributed by atoms with Crippen molar-refractivity contribution in [2.75, 3.05) is 0 Å². The molecule has 2 nitrogen and oxygen atoms in total. The van der Waals surface area contributed by atoms with Gasteiger partial charge in [-0.1, -0.05) is 12.1 Å². The molecule has 0 bridgehead atoms. The monoisotopic (exact) mass is 304 g/mol. The van der Waals surface area contributed by atoms with Gasteiger partial charge in [0.05, 0.1) is 15.2 Å². The van der Waals surface area contributed by atoms with E-state index in [0.717, 1.165) is 21.3 Å². The van der Waals surface area contributed by atoms with E-state index in [9.17, 15) is 8.78 Å². The summed E-state index contributed by atoms with van der Waals surface area (Å²) >= 11 is 1.55. The lowest BCUT2D eigenvalue weighted by molar-refractivity contribution is 0.478. The van der Waals surface area contributed by atoms with Crippen molar-refractivity contribution in [3.63, 3.8) is 0 Å². The summed E-state index contributed by atoms with van der Waals surface area (Å²) in [5.41, 5.74) is 6.73. The van der Waals surface area contributed by atoms with Gasteiger partial charge in [-0.25, -0.2) is 13.8 Å². The minimum Gasteiger partial charge on any atom is -0.321 e. The fraction of sp³-hybridized carbons (Fsp3) is 0.188. The Labute approximate surface area is 125 Å². The molecule has 0 saturated carbocycles. The molecular formula is C16H14F2N2S. The fourth-order valence-electron chi connectivity index (χ4n) is 2.30. The molecule has 2 N–H and O–H groups in total. The highest BCUT2D eigenvalue weighted by Gasteiger charge is 2.25. The lowest BCUT2D eigenvalue weighted by Gasteiger charge is -2.24.